The molecule has 0 bridgehead atoms. The first-order chi connectivity index (χ1) is 12.8. The van der Waals surface area contributed by atoms with Gasteiger partial charge in [0.2, 0.25) is 10.0 Å². The number of halogens is 1. The summed E-state index contributed by atoms with van der Waals surface area (Å²) in [7, 11) is -3.80. The van der Waals surface area contributed by atoms with Gasteiger partial charge in [0.05, 0.1) is 17.1 Å². The number of nitrogens with zero attached hydrogens (tertiary/aromatic N) is 4. The molecule has 1 amide bonds. The molecule has 3 rings (SSSR count). The second-order valence-electron chi connectivity index (χ2n) is 6.83. The van der Waals surface area contributed by atoms with Gasteiger partial charge in [0.25, 0.3) is 5.91 Å². The maximum absolute atomic E-state index is 13.4. The monoisotopic (exact) mass is 395 g/mol. The summed E-state index contributed by atoms with van der Waals surface area (Å²) in [6, 6.07) is 4.71. The average molecular weight is 395 g/mol. The highest BCUT2D eigenvalue weighted by atomic mass is 32.2. The molecule has 1 N–H and O–H groups in total. The number of benzene rings is 1. The van der Waals surface area contributed by atoms with Crippen molar-refractivity contribution in [1.82, 2.24) is 24.6 Å². The van der Waals surface area contributed by atoms with Crippen LogP contribution in [0.5, 0.6) is 0 Å². The van der Waals surface area contributed by atoms with Gasteiger partial charge in [-0.3, -0.25) is 4.79 Å². The highest BCUT2D eigenvalue weighted by molar-refractivity contribution is 7.89. The summed E-state index contributed by atoms with van der Waals surface area (Å²) in [6.07, 6.45) is 2.87. The van der Waals surface area contributed by atoms with Crippen molar-refractivity contribution in [3.63, 3.8) is 0 Å². The van der Waals surface area contributed by atoms with Crippen molar-refractivity contribution in [1.29, 1.82) is 0 Å². The molecule has 1 aromatic carbocycles. The quantitative estimate of drug-likeness (QED) is 0.829. The topological polar surface area (TPSA) is 97.2 Å². The molecule has 2 aromatic rings. The van der Waals surface area contributed by atoms with E-state index in [0.29, 0.717) is 19.4 Å². The van der Waals surface area contributed by atoms with Gasteiger partial charge in [-0.05, 0) is 44.9 Å². The van der Waals surface area contributed by atoms with Crippen LogP contribution in [0.1, 0.15) is 43.2 Å². The summed E-state index contributed by atoms with van der Waals surface area (Å²) in [6.45, 7) is 4.23. The summed E-state index contributed by atoms with van der Waals surface area (Å²) in [5, 5.41) is 10.6. The zero-order valence-corrected chi connectivity index (χ0v) is 16.0. The molecule has 27 heavy (non-hydrogen) atoms. The van der Waals surface area contributed by atoms with Crippen LogP contribution in [0.4, 0.5) is 4.39 Å². The van der Waals surface area contributed by atoms with Crippen molar-refractivity contribution in [2.75, 3.05) is 13.1 Å². The maximum atomic E-state index is 13.4. The lowest BCUT2D eigenvalue weighted by Crippen LogP contribution is -2.40. The Morgan fingerprint density at radius 2 is 2.15 bits per heavy atom. The lowest BCUT2D eigenvalue weighted by Gasteiger charge is -2.31. The number of hydrogen-bond donors (Lipinski definition) is 1. The fourth-order valence-corrected chi connectivity index (χ4v) is 4.57. The van der Waals surface area contributed by atoms with Crippen LogP contribution in [0.25, 0.3) is 0 Å². The molecule has 2 heterocycles. The number of rotatable bonds is 5. The van der Waals surface area contributed by atoms with E-state index in [1.165, 1.54) is 33.4 Å². The molecule has 1 unspecified atom stereocenters. The number of piperidine rings is 1. The third kappa shape index (κ3) is 4.33. The van der Waals surface area contributed by atoms with E-state index in [4.69, 9.17) is 0 Å². The highest BCUT2D eigenvalue weighted by Gasteiger charge is 2.32. The summed E-state index contributed by atoms with van der Waals surface area (Å²) < 4.78 is 41.9. The number of hydrogen-bond acceptors (Lipinski definition) is 5. The molecule has 0 saturated carbocycles. The predicted octanol–water partition coefficient (Wildman–Crippen LogP) is 1.58. The van der Waals surface area contributed by atoms with Crippen molar-refractivity contribution < 1.29 is 17.6 Å². The van der Waals surface area contributed by atoms with Gasteiger partial charge in [-0.25, -0.2) is 17.5 Å². The number of sulfonamides is 1. The van der Waals surface area contributed by atoms with Gasteiger partial charge < -0.3 is 5.32 Å². The van der Waals surface area contributed by atoms with E-state index >= 15 is 0 Å². The number of amides is 1. The lowest BCUT2D eigenvalue weighted by molar-refractivity contribution is 0.0938. The molecule has 10 heteroatoms. The van der Waals surface area contributed by atoms with Crippen LogP contribution in [-0.4, -0.2) is 52.8 Å². The summed E-state index contributed by atoms with van der Waals surface area (Å²) in [5.74, 6) is -0.919. The minimum Gasteiger partial charge on any atom is -0.348 e. The summed E-state index contributed by atoms with van der Waals surface area (Å²) in [5.41, 5.74) is 0.189. The number of nitrogens with one attached hydrogen (secondary N) is 1. The molecule has 0 radical (unpaired) electrons. The van der Waals surface area contributed by atoms with E-state index in [-0.39, 0.29) is 35.1 Å². The molecular formula is C17H22FN5O3S. The second kappa shape index (κ2) is 7.73. The smallest absolute Gasteiger partial charge is 0.273 e. The molecule has 0 spiro atoms. The molecule has 8 nitrogen and oxygen atoms in total. The number of aromatic nitrogens is 3. The first-order valence-electron chi connectivity index (χ1n) is 8.76. The Kier molecular flexibility index (Phi) is 5.56. The third-order valence-electron chi connectivity index (χ3n) is 4.33. The fourth-order valence-electron chi connectivity index (χ4n) is 3.03. The Balaban J connectivity index is 1.77. The van der Waals surface area contributed by atoms with E-state index in [0.717, 1.165) is 6.07 Å². The molecule has 1 aliphatic heterocycles. The Bertz CT molecular complexity index is 928. The maximum Gasteiger partial charge on any atom is 0.273 e. The first kappa shape index (κ1) is 19.4. The average Bonchev–Trinajstić information content (AvgIpc) is 3.11. The van der Waals surface area contributed by atoms with Gasteiger partial charge in [-0.1, -0.05) is 11.3 Å². The molecule has 1 atom stereocenters. The van der Waals surface area contributed by atoms with E-state index in [1.54, 1.807) is 0 Å². The number of carbonyl (C=O) groups is 1. The standard InChI is InChI=1S/C17H22FN5O3S/c1-12(2)19-17(24)16-11-23(21-20-16)14-6-4-8-22(10-14)27(25,26)15-7-3-5-13(18)9-15/h3,5,7,9,11-12,14H,4,6,8,10H2,1-2H3,(H,19,24). The third-order valence-corrected chi connectivity index (χ3v) is 6.19. The van der Waals surface area contributed by atoms with Crippen molar-refractivity contribution >= 4 is 15.9 Å². The minimum absolute atomic E-state index is 0.0239. The SMILES string of the molecule is CC(C)NC(=O)c1cn(C2CCCN(S(=O)(=O)c3cccc(F)c3)C2)nn1. The molecule has 1 saturated heterocycles. The van der Waals surface area contributed by atoms with E-state index < -0.39 is 15.8 Å². The van der Waals surface area contributed by atoms with Crippen LogP contribution in [0.3, 0.4) is 0 Å². The van der Waals surface area contributed by atoms with Crippen molar-refractivity contribution in [3.05, 3.63) is 42.0 Å². The second-order valence-corrected chi connectivity index (χ2v) is 8.77. The molecular weight excluding hydrogens is 373 g/mol. The summed E-state index contributed by atoms with van der Waals surface area (Å²) >= 11 is 0. The van der Waals surface area contributed by atoms with Crippen LogP contribution in [0.2, 0.25) is 0 Å². The predicted molar refractivity (Wildman–Crippen MR) is 96.1 cm³/mol. The van der Waals surface area contributed by atoms with Crippen molar-refractivity contribution in [2.45, 2.75) is 43.7 Å². The number of carbonyl (C=O) groups excluding carboxylic acids is 1. The van der Waals surface area contributed by atoms with Crippen LogP contribution in [0.15, 0.2) is 35.4 Å². The van der Waals surface area contributed by atoms with Crippen molar-refractivity contribution in [2.24, 2.45) is 0 Å². The van der Waals surface area contributed by atoms with E-state index in [1.807, 2.05) is 13.8 Å². The Hall–Kier alpha value is -2.33. The largest absolute Gasteiger partial charge is 0.348 e. The van der Waals surface area contributed by atoms with Gasteiger partial charge in [-0.2, -0.15) is 4.31 Å². The van der Waals surface area contributed by atoms with Crippen molar-refractivity contribution in [3.8, 4) is 0 Å². The first-order valence-corrected chi connectivity index (χ1v) is 10.2. The minimum atomic E-state index is -3.80. The molecule has 1 fully saturated rings. The summed E-state index contributed by atoms with van der Waals surface area (Å²) in [4.78, 5) is 12.0. The van der Waals surface area contributed by atoms with Gasteiger partial charge in [0.15, 0.2) is 5.69 Å². The Morgan fingerprint density at radius 3 is 2.85 bits per heavy atom. The lowest BCUT2D eigenvalue weighted by atomic mass is 10.1. The van der Waals surface area contributed by atoms with E-state index in [2.05, 4.69) is 15.6 Å². The fraction of sp³-hybridized carbons (Fsp3) is 0.471. The zero-order chi connectivity index (χ0) is 19.6. The Morgan fingerprint density at radius 1 is 1.37 bits per heavy atom. The van der Waals surface area contributed by atoms with Gasteiger partial charge in [0, 0.05) is 19.1 Å². The normalized spacial score (nSPS) is 18.6. The van der Waals surface area contributed by atoms with Gasteiger partial charge >= 0.3 is 0 Å². The van der Waals surface area contributed by atoms with Crippen LogP contribution in [0, 0.1) is 5.82 Å². The molecule has 0 aliphatic carbocycles. The Labute approximate surface area is 157 Å². The molecule has 1 aliphatic rings. The highest BCUT2D eigenvalue weighted by Crippen LogP contribution is 2.26. The molecule has 146 valence electrons. The van der Waals surface area contributed by atoms with Crippen LogP contribution in [-0.2, 0) is 10.0 Å². The zero-order valence-electron chi connectivity index (χ0n) is 15.2. The van der Waals surface area contributed by atoms with Gasteiger partial charge in [0.1, 0.15) is 5.82 Å². The van der Waals surface area contributed by atoms with Crippen LogP contribution < -0.4 is 5.32 Å². The van der Waals surface area contributed by atoms with E-state index in [9.17, 15) is 17.6 Å². The van der Waals surface area contributed by atoms with Gasteiger partial charge in [-0.15, -0.1) is 5.10 Å². The molecule has 1 aromatic heterocycles. The van der Waals surface area contributed by atoms with Crippen LogP contribution >= 0.6 is 0 Å².